The Morgan fingerprint density at radius 3 is 2.47 bits per heavy atom. The van der Waals surface area contributed by atoms with Crippen molar-refractivity contribution in [2.45, 2.75) is 33.3 Å². The fraction of sp³-hybridized carbons (Fsp3) is 0.318. The number of alkyl halides is 3. The van der Waals surface area contributed by atoms with Crippen molar-refractivity contribution in [1.29, 1.82) is 0 Å². The number of benzene rings is 2. The quantitative estimate of drug-likeness (QED) is 0.399. The highest BCUT2D eigenvalue weighted by molar-refractivity contribution is 5.94. The zero-order chi connectivity index (χ0) is 23.0. The van der Waals surface area contributed by atoms with Gasteiger partial charge in [-0.1, -0.05) is 13.8 Å². The molecule has 4 aromatic rings. The van der Waals surface area contributed by atoms with Gasteiger partial charge in [0.15, 0.2) is 0 Å². The number of aromatic nitrogens is 4. The Morgan fingerprint density at radius 2 is 1.78 bits per heavy atom. The molecule has 2 heterocycles. The number of nitrogens with zero attached hydrogens (tertiary/aromatic N) is 4. The summed E-state index contributed by atoms with van der Waals surface area (Å²) in [5, 5.41) is 10.00. The molecule has 4 rings (SSSR count). The standard InChI is InChI=1S/C22H21F3N4O3/c1-13(2)11-29-20-16(10-27-29)7-18(32-22(23,24)25)8-17(20)12-28-19-5-4-14(21(30)31-3)6-15(19)9-26-28/h4-10,13H,11-12H2,1-3H3. The summed E-state index contributed by atoms with van der Waals surface area (Å²) in [5.41, 5.74) is 2.42. The van der Waals surface area contributed by atoms with Gasteiger partial charge >= 0.3 is 12.3 Å². The molecule has 0 N–H and O–H groups in total. The van der Waals surface area contributed by atoms with Crippen LogP contribution in [0.3, 0.4) is 0 Å². The maximum atomic E-state index is 12.9. The summed E-state index contributed by atoms with van der Waals surface area (Å²) >= 11 is 0. The van der Waals surface area contributed by atoms with Crippen molar-refractivity contribution in [2.75, 3.05) is 7.11 Å². The Hall–Kier alpha value is -3.56. The third kappa shape index (κ3) is 4.39. The van der Waals surface area contributed by atoms with Gasteiger partial charge in [0.25, 0.3) is 0 Å². The third-order valence-corrected chi connectivity index (χ3v) is 4.94. The maximum absolute atomic E-state index is 12.9. The Balaban J connectivity index is 1.79. The van der Waals surface area contributed by atoms with E-state index in [1.807, 2.05) is 13.8 Å². The molecular weight excluding hydrogens is 425 g/mol. The van der Waals surface area contributed by atoms with Gasteiger partial charge in [-0.2, -0.15) is 10.2 Å². The number of hydrogen-bond acceptors (Lipinski definition) is 5. The predicted molar refractivity (Wildman–Crippen MR) is 111 cm³/mol. The molecule has 0 spiro atoms. The number of fused-ring (bicyclic) bond motifs is 2. The average molecular weight is 446 g/mol. The van der Waals surface area contributed by atoms with Crippen molar-refractivity contribution in [1.82, 2.24) is 19.6 Å². The highest BCUT2D eigenvalue weighted by Crippen LogP contribution is 2.31. The first-order chi connectivity index (χ1) is 15.1. The first-order valence-corrected chi connectivity index (χ1v) is 9.92. The van der Waals surface area contributed by atoms with Gasteiger partial charge in [-0.25, -0.2) is 4.79 Å². The minimum absolute atomic E-state index is 0.191. The second-order valence-electron chi connectivity index (χ2n) is 7.86. The summed E-state index contributed by atoms with van der Waals surface area (Å²) in [6.07, 6.45) is -1.67. The second-order valence-corrected chi connectivity index (χ2v) is 7.86. The lowest BCUT2D eigenvalue weighted by Crippen LogP contribution is -2.17. The second kappa shape index (κ2) is 8.18. The van der Waals surface area contributed by atoms with Crippen molar-refractivity contribution in [3.05, 3.63) is 53.9 Å². The molecule has 0 fully saturated rings. The molecule has 0 saturated carbocycles. The van der Waals surface area contributed by atoms with Gasteiger partial charge in [-0.05, 0) is 36.2 Å². The fourth-order valence-corrected chi connectivity index (χ4v) is 3.71. The molecule has 0 saturated heterocycles. The molecule has 168 valence electrons. The van der Waals surface area contributed by atoms with Gasteiger partial charge in [0.2, 0.25) is 0 Å². The topological polar surface area (TPSA) is 71.2 Å². The Kier molecular flexibility index (Phi) is 5.53. The van der Waals surface area contributed by atoms with Crippen LogP contribution in [0.2, 0.25) is 0 Å². The smallest absolute Gasteiger partial charge is 0.465 e. The van der Waals surface area contributed by atoms with Crippen molar-refractivity contribution >= 4 is 27.8 Å². The number of carbonyl (C=O) groups is 1. The van der Waals surface area contributed by atoms with Gasteiger partial charge in [-0.15, -0.1) is 13.2 Å². The molecule has 0 radical (unpaired) electrons. The highest BCUT2D eigenvalue weighted by Gasteiger charge is 2.31. The van der Waals surface area contributed by atoms with Crippen LogP contribution in [0.15, 0.2) is 42.7 Å². The molecule has 0 aliphatic heterocycles. The highest BCUT2D eigenvalue weighted by atomic mass is 19.4. The van der Waals surface area contributed by atoms with E-state index in [-0.39, 0.29) is 12.3 Å². The molecular formula is C22H21F3N4O3. The Labute approximate surface area is 181 Å². The van der Waals surface area contributed by atoms with Crippen molar-refractivity contribution < 1.29 is 27.4 Å². The summed E-state index contributed by atoms with van der Waals surface area (Å²) in [4.78, 5) is 11.8. The lowest BCUT2D eigenvalue weighted by atomic mass is 10.1. The summed E-state index contributed by atoms with van der Waals surface area (Å²) in [6.45, 7) is 4.87. The van der Waals surface area contributed by atoms with Gasteiger partial charge in [0.1, 0.15) is 5.75 Å². The molecule has 2 aromatic carbocycles. The normalized spacial score (nSPS) is 12.1. The summed E-state index contributed by atoms with van der Waals surface area (Å²) in [7, 11) is 1.30. The summed E-state index contributed by atoms with van der Waals surface area (Å²) in [6, 6.07) is 7.71. The van der Waals surface area contributed by atoms with Crippen LogP contribution >= 0.6 is 0 Å². The first-order valence-electron chi connectivity index (χ1n) is 9.92. The molecule has 0 unspecified atom stereocenters. The van der Waals surface area contributed by atoms with E-state index in [0.29, 0.717) is 34.4 Å². The largest absolute Gasteiger partial charge is 0.573 e. The van der Waals surface area contributed by atoms with E-state index in [1.165, 1.54) is 25.4 Å². The number of ether oxygens (including phenoxy) is 2. The van der Waals surface area contributed by atoms with Crippen LogP contribution in [0, 0.1) is 5.92 Å². The molecule has 0 aliphatic rings. The van der Waals surface area contributed by atoms with Gasteiger partial charge in [-0.3, -0.25) is 9.36 Å². The van der Waals surface area contributed by atoms with Crippen molar-refractivity contribution in [3.8, 4) is 5.75 Å². The van der Waals surface area contributed by atoms with E-state index in [1.54, 1.807) is 33.8 Å². The molecule has 10 heteroatoms. The zero-order valence-electron chi connectivity index (χ0n) is 17.7. The molecule has 2 aromatic heterocycles. The lowest BCUT2D eigenvalue weighted by molar-refractivity contribution is -0.274. The number of hydrogen-bond donors (Lipinski definition) is 0. The van der Waals surface area contributed by atoms with Crippen LogP contribution < -0.4 is 4.74 Å². The van der Waals surface area contributed by atoms with E-state index in [9.17, 15) is 18.0 Å². The summed E-state index contributed by atoms with van der Waals surface area (Å²) in [5.74, 6) is -0.483. The minimum Gasteiger partial charge on any atom is -0.465 e. The maximum Gasteiger partial charge on any atom is 0.573 e. The molecule has 0 amide bonds. The van der Waals surface area contributed by atoms with Crippen LogP contribution in [0.4, 0.5) is 13.2 Å². The number of esters is 1. The van der Waals surface area contributed by atoms with Crippen LogP contribution in [0.25, 0.3) is 21.8 Å². The minimum atomic E-state index is -4.80. The Morgan fingerprint density at radius 1 is 1.06 bits per heavy atom. The van der Waals surface area contributed by atoms with Crippen LogP contribution in [-0.2, 0) is 17.8 Å². The molecule has 0 aliphatic carbocycles. The predicted octanol–water partition coefficient (Wildman–Crippen LogP) is 4.78. The van der Waals surface area contributed by atoms with Crippen LogP contribution in [-0.4, -0.2) is 39.0 Å². The van der Waals surface area contributed by atoms with E-state index < -0.39 is 12.3 Å². The SMILES string of the molecule is COC(=O)c1ccc2c(cnn2Cc2cc(OC(F)(F)F)cc3cnn(CC(C)C)c23)c1. The third-order valence-electron chi connectivity index (χ3n) is 4.94. The van der Waals surface area contributed by atoms with Gasteiger partial charge in [0.05, 0.1) is 42.6 Å². The molecule has 0 bridgehead atoms. The van der Waals surface area contributed by atoms with Gasteiger partial charge in [0, 0.05) is 22.9 Å². The number of methoxy groups -OCH3 is 1. The first kappa shape index (κ1) is 21.7. The fourth-order valence-electron chi connectivity index (χ4n) is 3.71. The number of carbonyl (C=O) groups excluding carboxylic acids is 1. The molecule has 32 heavy (non-hydrogen) atoms. The van der Waals surface area contributed by atoms with E-state index in [4.69, 9.17) is 4.74 Å². The zero-order valence-corrected chi connectivity index (χ0v) is 17.7. The van der Waals surface area contributed by atoms with Crippen LogP contribution in [0.1, 0.15) is 29.8 Å². The van der Waals surface area contributed by atoms with E-state index >= 15 is 0 Å². The van der Waals surface area contributed by atoms with Crippen molar-refractivity contribution in [3.63, 3.8) is 0 Å². The van der Waals surface area contributed by atoms with Crippen molar-refractivity contribution in [2.24, 2.45) is 5.92 Å². The lowest BCUT2D eigenvalue weighted by Gasteiger charge is -2.14. The van der Waals surface area contributed by atoms with E-state index in [0.717, 1.165) is 11.0 Å². The summed E-state index contributed by atoms with van der Waals surface area (Å²) < 4.78 is 51.0. The average Bonchev–Trinajstić information content (AvgIpc) is 3.29. The number of halogens is 3. The van der Waals surface area contributed by atoms with Crippen LogP contribution in [0.5, 0.6) is 5.75 Å². The van der Waals surface area contributed by atoms with Gasteiger partial charge < -0.3 is 9.47 Å². The molecule has 0 atom stereocenters. The Bertz CT molecular complexity index is 1290. The molecule has 7 nitrogen and oxygen atoms in total. The monoisotopic (exact) mass is 446 g/mol. The van der Waals surface area contributed by atoms with E-state index in [2.05, 4.69) is 14.9 Å². The number of rotatable bonds is 6.